The van der Waals surface area contributed by atoms with Crippen LogP contribution in [-0.2, 0) is 6.54 Å². The van der Waals surface area contributed by atoms with Crippen LogP contribution in [0.4, 0.5) is 0 Å². The summed E-state index contributed by atoms with van der Waals surface area (Å²) < 4.78 is 7.39. The van der Waals surface area contributed by atoms with Gasteiger partial charge in [-0.1, -0.05) is 23.7 Å². The van der Waals surface area contributed by atoms with Gasteiger partial charge in [-0.25, -0.2) is 9.67 Å². The molecule has 0 radical (unpaired) electrons. The minimum absolute atomic E-state index is 0.0843. The van der Waals surface area contributed by atoms with Crippen LogP contribution in [0.5, 0.6) is 0 Å². The molecule has 0 saturated heterocycles. The maximum Gasteiger partial charge on any atom is 0.256 e. The summed E-state index contributed by atoms with van der Waals surface area (Å²) in [6.07, 6.45) is 5.00. The number of hydrogen-bond donors (Lipinski definition) is 0. The molecule has 0 fully saturated rings. The van der Waals surface area contributed by atoms with Crippen LogP contribution in [0.2, 0.25) is 5.02 Å². The Morgan fingerprint density at radius 2 is 2.00 bits per heavy atom. The van der Waals surface area contributed by atoms with Crippen molar-refractivity contribution in [2.45, 2.75) is 26.4 Å². The summed E-state index contributed by atoms with van der Waals surface area (Å²) in [5.74, 6) is 1.10. The Morgan fingerprint density at radius 3 is 2.67 bits per heavy atom. The molecule has 3 heterocycles. The van der Waals surface area contributed by atoms with E-state index in [1.165, 1.54) is 6.20 Å². The summed E-state index contributed by atoms with van der Waals surface area (Å²) in [6, 6.07) is 12.4. The standard InChI is InChI=1S/C21H19ClN6O2/c1-14(2)27(13-19-25-26-20(30-19)16-6-3-4-7-17(16)22)21(29)15-8-9-18(23-12-15)28-11-5-10-24-28/h3-12,14H,13H2,1-2H3. The molecule has 3 aromatic heterocycles. The second-order valence-electron chi connectivity index (χ2n) is 6.86. The van der Waals surface area contributed by atoms with Crippen LogP contribution < -0.4 is 0 Å². The van der Waals surface area contributed by atoms with Gasteiger partial charge in [0.15, 0.2) is 5.82 Å². The second-order valence-corrected chi connectivity index (χ2v) is 7.27. The normalized spacial score (nSPS) is 11.1. The van der Waals surface area contributed by atoms with Gasteiger partial charge in [0.05, 0.1) is 22.7 Å². The lowest BCUT2D eigenvalue weighted by molar-refractivity contribution is 0.0672. The molecule has 8 nitrogen and oxygen atoms in total. The highest BCUT2D eigenvalue weighted by Crippen LogP contribution is 2.26. The number of rotatable bonds is 6. The third kappa shape index (κ3) is 4.08. The fourth-order valence-corrected chi connectivity index (χ4v) is 3.13. The fraction of sp³-hybridized carbons (Fsp3) is 0.190. The van der Waals surface area contributed by atoms with Gasteiger partial charge in [-0.2, -0.15) is 5.10 Å². The molecule has 0 N–H and O–H groups in total. The summed E-state index contributed by atoms with van der Waals surface area (Å²) >= 11 is 6.20. The SMILES string of the molecule is CC(C)N(Cc1nnc(-c2ccccc2Cl)o1)C(=O)c1ccc(-n2cccn2)nc1. The summed E-state index contributed by atoms with van der Waals surface area (Å²) in [5, 5.41) is 12.8. The van der Waals surface area contributed by atoms with E-state index in [1.54, 1.807) is 46.2 Å². The third-order valence-electron chi connectivity index (χ3n) is 4.49. The number of halogens is 1. The summed E-state index contributed by atoms with van der Waals surface area (Å²) in [7, 11) is 0. The zero-order valence-electron chi connectivity index (χ0n) is 16.4. The zero-order chi connectivity index (χ0) is 21.1. The molecule has 0 saturated carbocycles. The highest BCUT2D eigenvalue weighted by atomic mass is 35.5. The predicted molar refractivity (Wildman–Crippen MR) is 111 cm³/mol. The van der Waals surface area contributed by atoms with Crippen molar-refractivity contribution in [3.05, 3.63) is 77.5 Å². The van der Waals surface area contributed by atoms with Crippen molar-refractivity contribution in [1.29, 1.82) is 0 Å². The van der Waals surface area contributed by atoms with Crippen molar-refractivity contribution in [1.82, 2.24) is 29.9 Å². The molecule has 0 atom stereocenters. The first-order valence-corrected chi connectivity index (χ1v) is 9.75. The van der Waals surface area contributed by atoms with Crippen LogP contribution in [0.3, 0.4) is 0 Å². The highest BCUT2D eigenvalue weighted by molar-refractivity contribution is 6.33. The van der Waals surface area contributed by atoms with Crippen LogP contribution >= 0.6 is 11.6 Å². The lowest BCUT2D eigenvalue weighted by Gasteiger charge is -2.25. The summed E-state index contributed by atoms with van der Waals surface area (Å²) in [5.41, 5.74) is 1.11. The van der Waals surface area contributed by atoms with E-state index >= 15 is 0 Å². The molecule has 1 aromatic carbocycles. The molecule has 0 aliphatic heterocycles. The molecule has 4 rings (SSSR count). The number of pyridine rings is 1. The number of hydrogen-bond acceptors (Lipinski definition) is 6. The Hall–Kier alpha value is -3.52. The molecule has 4 aromatic rings. The Kier molecular flexibility index (Phi) is 5.58. The van der Waals surface area contributed by atoms with E-state index in [1.807, 2.05) is 32.0 Å². The van der Waals surface area contributed by atoms with E-state index in [2.05, 4.69) is 20.3 Å². The quantitative estimate of drug-likeness (QED) is 0.466. The smallest absolute Gasteiger partial charge is 0.256 e. The van der Waals surface area contributed by atoms with Gasteiger partial charge in [-0.05, 0) is 44.2 Å². The maximum absolute atomic E-state index is 13.1. The van der Waals surface area contributed by atoms with Crippen LogP contribution in [0.25, 0.3) is 17.3 Å². The van der Waals surface area contributed by atoms with Crippen LogP contribution in [0, 0.1) is 0 Å². The van der Waals surface area contributed by atoms with Gasteiger partial charge in [-0.3, -0.25) is 4.79 Å². The van der Waals surface area contributed by atoms with Crippen molar-refractivity contribution >= 4 is 17.5 Å². The second kappa shape index (κ2) is 8.46. The molecule has 0 bridgehead atoms. The fourth-order valence-electron chi connectivity index (χ4n) is 2.91. The minimum atomic E-state index is -0.179. The lowest BCUT2D eigenvalue weighted by Crippen LogP contribution is -2.36. The molecule has 0 aliphatic rings. The van der Waals surface area contributed by atoms with Crippen LogP contribution in [0.15, 0.2) is 65.5 Å². The van der Waals surface area contributed by atoms with Crippen LogP contribution in [-0.4, -0.2) is 41.8 Å². The maximum atomic E-state index is 13.1. The average molecular weight is 423 g/mol. The van der Waals surface area contributed by atoms with Gasteiger partial charge in [-0.15, -0.1) is 10.2 Å². The van der Waals surface area contributed by atoms with E-state index in [9.17, 15) is 4.79 Å². The molecule has 0 spiro atoms. The molecule has 30 heavy (non-hydrogen) atoms. The van der Waals surface area contributed by atoms with Gasteiger partial charge < -0.3 is 9.32 Å². The van der Waals surface area contributed by atoms with Crippen molar-refractivity contribution in [2.24, 2.45) is 0 Å². The lowest BCUT2D eigenvalue weighted by atomic mass is 10.2. The number of amides is 1. The van der Waals surface area contributed by atoms with E-state index in [4.69, 9.17) is 16.0 Å². The molecule has 152 valence electrons. The Morgan fingerprint density at radius 1 is 1.17 bits per heavy atom. The number of carbonyl (C=O) groups is 1. The first kappa shape index (κ1) is 19.8. The number of nitrogens with zero attached hydrogens (tertiary/aromatic N) is 6. The Balaban J connectivity index is 1.53. The van der Waals surface area contributed by atoms with Crippen molar-refractivity contribution in [3.63, 3.8) is 0 Å². The molecule has 0 aliphatic carbocycles. The van der Waals surface area contributed by atoms with Crippen molar-refractivity contribution < 1.29 is 9.21 Å². The first-order chi connectivity index (χ1) is 14.5. The molecular formula is C21H19ClN6O2. The molecule has 0 unspecified atom stereocenters. The van der Waals surface area contributed by atoms with E-state index in [-0.39, 0.29) is 18.5 Å². The van der Waals surface area contributed by atoms with E-state index in [0.29, 0.717) is 33.7 Å². The first-order valence-electron chi connectivity index (χ1n) is 9.37. The zero-order valence-corrected chi connectivity index (χ0v) is 17.2. The molecule has 1 amide bonds. The summed E-state index contributed by atoms with van der Waals surface area (Å²) in [4.78, 5) is 19.1. The van der Waals surface area contributed by atoms with E-state index in [0.717, 1.165) is 0 Å². The monoisotopic (exact) mass is 422 g/mol. The number of benzene rings is 1. The van der Waals surface area contributed by atoms with Gasteiger partial charge in [0.2, 0.25) is 11.8 Å². The van der Waals surface area contributed by atoms with Crippen molar-refractivity contribution in [3.8, 4) is 17.3 Å². The molecule has 9 heteroatoms. The predicted octanol–water partition coefficient (Wildman–Crippen LogP) is 4.02. The molecular weight excluding hydrogens is 404 g/mol. The van der Waals surface area contributed by atoms with E-state index < -0.39 is 0 Å². The summed E-state index contributed by atoms with van der Waals surface area (Å²) in [6.45, 7) is 4.03. The van der Waals surface area contributed by atoms with Gasteiger partial charge in [0.25, 0.3) is 5.91 Å². The van der Waals surface area contributed by atoms with Crippen LogP contribution in [0.1, 0.15) is 30.1 Å². The largest absolute Gasteiger partial charge is 0.419 e. The Bertz CT molecular complexity index is 1140. The Labute approximate surface area is 178 Å². The van der Waals surface area contributed by atoms with Gasteiger partial charge >= 0.3 is 0 Å². The average Bonchev–Trinajstić information content (AvgIpc) is 3.44. The number of carbonyl (C=O) groups excluding carboxylic acids is 1. The topological polar surface area (TPSA) is 89.9 Å². The van der Waals surface area contributed by atoms with Gasteiger partial charge in [0.1, 0.15) is 0 Å². The highest BCUT2D eigenvalue weighted by Gasteiger charge is 2.23. The van der Waals surface area contributed by atoms with Gasteiger partial charge in [0, 0.05) is 24.6 Å². The minimum Gasteiger partial charge on any atom is -0.419 e. The van der Waals surface area contributed by atoms with Crippen molar-refractivity contribution in [2.75, 3.05) is 0 Å². The third-order valence-corrected chi connectivity index (χ3v) is 4.82. The number of aromatic nitrogens is 5.